The monoisotopic (exact) mass is 481 g/mol. The largest absolute Gasteiger partial charge is 0.465 e. The number of halogens is 1. The molecule has 184 valence electrons. The fourth-order valence-electron chi connectivity index (χ4n) is 5.69. The third kappa shape index (κ3) is 4.66. The number of methoxy groups -OCH3 is 1. The predicted molar refractivity (Wildman–Crippen MR) is 143 cm³/mol. The maximum absolute atomic E-state index is 14.3. The zero-order valence-corrected chi connectivity index (χ0v) is 21.1. The lowest BCUT2D eigenvalue weighted by molar-refractivity contribution is 0.0599. The Morgan fingerprint density at radius 1 is 1.03 bits per heavy atom. The molecule has 4 aromatic carbocycles. The van der Waals surface area contributed by atoms with Crippen molar-refractivity contribution in [3.05, 3.63) is 118 Å². The van der Waals surface area contributed by atoms with Gasteiger partial charge in [-0.3, -0.25) is 0 Å². The first-order chi connectivity index (χ1) is 17.5. The molecule has 0 aliphatic heterocycles. The summed E-state index contributed by atoms with van der Waals surface area (Å²) < 4.78 is 19.4. The van der Waals surface area contributed by atoms with Crippen LogP contribution in [0, 0.1) is 18.7 Å². The minimum Gasteiger partial charge on any atom is -0.465 e. The fraction of sp³-hybridized carbons (Fsp3) is 0.281. The topological polar surface area (TPSA) is 38.3 Å². The molecule has 3 unspecified atom stereocenters. The van der Waals surface area contributed by atoms with Crippen LogP contribution in [0.1, 0.15) is 63.5 Å². The molecule has 3 atom stereocenters. The Bertz CT molecular complexity index is 1410. The van der Waals surface area contributed by atoms with Gasteiger partial charge in [-0.2, -0.15) is 0 Å². The van der Waals surface area contributed by atoms with Crippen molar-refractivity contribution in [2.24, 2.45) is 5.92 Å². The first-order valence-corrected chi connectivity index (χ1v) is 12.6. The second-order valence-corrected chi connectivity index (χ2v) is 9.94. The van der Waals surface area contributed by atoms with Gasteiger partial charge >= 0.3 is 5.97 Å². The number of carbonyl (C=O) groups excluding carboxylic acids is 1. The van der Waals surface area contributed by atoms with Gasteiger partial charge in [0, 0.05) is 17.3 Å². The lowest BCUT2D eigenvalue weighted by atomic mass is 9.73. The van der Waals surface area contributed by atoms with Crippen LogP contribution < -0.4 is 5.32 Å². The van der Waals surface area contributed by atoms with Gasteiger partial charge in [-0.05, 0) is 84.5 Å². The number of fused-ring (bicyclic) bond motifs is 2. The van der Waals surface area contributed by atoms with E-state index in [0.717, 1.165) is 41.5 Å². The number of aryl methyl sites for hydroxylation is 1. The van der Waals surface area contributed by atoms with Crippen molar-refractivity contribution >= 4 is 16.7 Å². The van der Waals surface area contributed by atoms with E-state index in [9.17, 15) is 9.18 Å². The Morgan fingerprint density at radius 2 is 1.78 bits per heavy atom. The number of hydrogen-bond acceptors (Lipinski definition) is 3. The van der Waals surface area contributed by atoms with Gasteiger partial charge in [0.15, 0.2) is 0 Å². The van der Waals surface area contributed by atoms with E-state index in [2.05, 4.69) is 42.6 Å². The highest BCUT2D eigenvalue weighted by Gasteiger charge is 2.29. The van der Waals surface area contributed by atoms with E-state index in [-0.39, 0.29) is 23.7 Å². The van der Waals surface area contributed by atoms with Gasteiger partial charge in [0.2, 0.25) is 0 Å². The summed E-state index contributed by atoms with van der Waals surface area (Å²) in [6.07, 6.45) is 2.00. The van der Waals surface area contributed by atoms with E-state index in [1.54, 1.807) is 6.07 Å². The number of esters is 1. The van der Waals surface area contributed by atoms with Crippen LogP contribution >= 0.6 is 0 Å². The van der Waals surface area contributed by atoms with E-state index in [1.165, 1.54) is 18.2 Å². The number of carbonyl (C=O) groups is 1. The SMILES string of the molecule is COC(=O)c1cc(C2CC(CNC(C)c3ccc(F)c4ccccc34)Cc3ccccc32)ccc1C. The summed E-state index contributed by atoms with van der Waals surface area (Å²) >= 11 is 0. The Kier molecular flexibility index (Phi) is 6.88. The summed E-state index contributed by atoms with van der Waals surface area (Å²) in [5.74, 6) is 0.171. The average molecular weight is 482 g/mol. The highest BCUT2D eigenvalue weighted by molar-refractivity contribution is 5.91. The minimum atomic E-state index is -0.294. The van der Waals surface area contributed by atoms with Crippen molar-refractivity contribution in [2.45, 2.75) is 38.6 Å². The Morgan fingerprint density at radius 3 is 2.58 bits per heavy atom. The van der Waals surface area contributed by atoms with Crippen LogP contribution in [0.25, 0.3) is 10.8 Å². The maximum atomic E-state index is 14.3. The van der Waals surface area contributed by atoms with Crippen LogP contribution in [0.3, 0.4) is 0 Å². The third-order valence-corrected chi connectivity index (χ3v) is 7.66. The quantitative estimate of drug-likeness (QED) is 0.298. The molecular formula is C32H32FNO2. The van der Waals surface area contributed by atoms with Gasteiger partial charge in [0.1, 0.15) is 5.82 Å². The second kappa shape index (κ2) is 10.2. The van der Waals surface area contributed by atoms with Crippen molar-refractivity contribution in [3.8, 4) is 0 Å². The molecule has 3 nitrogen and oxygen atoms in total. The highest BCUT2D eigenvalue weighted by atomic mass is 19.1. The van der Waals surface area contributed by atoms with E-state index in [1.807, 2.05) is 49.4 Å². The normalized spacial score (nSPS) is 18.0. The molecule has 5 rings (SSSR count). The highest BCUT2D eigenvalue weighted by Crippen LogP contribution is 2.40. The Hall–Kier alpha value is -3.50. The molecule has 1 N–H and O–H groups in total. The lowest BCUT2D eigenvalue weighted by Gasteiger charge is -2.33. The van der Waals surface area contributed by atoms with E-state index >= 15 is 0 Å². The van der Waals surface area contributed by atoms with Crippen LogP contribution in [-0.2, 0) is 11.2 Å². The molecule has 0 saturated carbocycles. The second-order valence-electron chi connectivity index (χ2n) is 9.94. The van der Waals surface area contributed by atoms with Gasteiger partial charge in [-0.1, -0.05) is 66.7 Å². The molecule has 0 aromatic heterocycles. The lowest BCUT2D eigenvalue weighted by Crippen LogP contribution is -2.31. The van der Waals surface area contributed by atoms with Gasteiger partial charge in [0.25, 0.3) is 0 Å². The van der Waals surface area contributed by atoms with Crippen molar-refractivity contribution in [1.29, 1.82) is 0 Å². The zero-order valence-electron chi connectivity index (χ0n) is 21.1. The van der Waals surface area contributed by atoms with E-state index < -0.39 is 0 Å². The van der Waals surface area contributed by atoms with Crippen LogP contribution in [0.2, 0.25) is 0 Å². The van der Waals surface area contributed by atoms with Crippen LogP contribution in [-0.4, -0.2) is 19.6 Å². The van der Waals surface area contributed by atoms with Gasteiger partial charge < -0.3 is 10.1 Å². The van der Waals surface area contributed by atoms with Gasteiger partial charge in [0.05, 0.1) is 12.7 Å². The van der Waals surface area contributed by atoms with Gasteiger partial charge in [-0.25, -0.2) is 9.18 Å². The summed E-state index contributed by atoms with van der Waals surface area (Å²) in [4.78, 5) is 12.3. The third-order valence-electron chi connectivity index (χ3n) is 7.66. The summed E-state index contributed by atoms with van der Waals surface area (Å²) in [6.45, 7) is 4.95. The number of nitrogens with one attached hydrogen (secondary N) is 1. The molecule has 0 amide bonds. The summed E-state index contributed by atoms with van der Waals surface area (Å²) in [7, 11) is 1.43. The molecule has 0 bridgehead atoms. The van der Waals surface area contributed by atoms with Crippen molar-refractivity contribution in [1.82, 2.24) is 5.32 Å². The molecule has 1 aliphatic rings. The average Bonchev–Trinajstić information content (AvgIpc) is 2.91. The van der Waals surface area contributed by atoms with E-state index in [0.29, 0.717) is 16.9 Å². The Balaban J connectivity index is 1.39. The van der Waals surface area contributed by atoms with Crippen LogP contribution in [0.4, 0.5) is 4.39 Å². The molecule has 0 heterocycles. The standard InChI is InChI=1S/C32H32FNO2/c1-20-12-13-24(18-29(20)32(35)36-3)30-17-22(16-23-8-4-5-9-26(23)30)19-34-21(2)25-14-15-31(33)28-11-7-6-10-27(25)28/h4-15,18,21-22,30,34H,16-17,19H2,1-3H3. The van der Waals surface area contributed by atoms with Crippen molar-refractivity contribution in [3.63, 3.8) is 0 Å². The smallest absolute Gasteiger partial charge is 0.338 e. The molecule has 36 heavy (non-hydrogen) atoms. The fourth-order valence-corrected chi connectivity index (χ4v) is 5.69. The number of rotatable bonds is 6. The molecule has 1 aliphatic carbocycles. The molecule has 0 radical (unpaired) electrons. The van der Waals surface area contributed by atoms with Crippen molar-refractivity contribution < 1.29 is 13.9 Å². The zero-order chi connectivity index (χ0) is 25.2. The molecule has 4 aromatic rings. The molecule has 0 spiro atoms. The number of benzene rings is 4. The van der Waals surface area contributed by atoms with Crippen LogP contribution in [0.15, 0.2) is 78.9 Å². The Labute approximate surface area is 212 Å². The predicted octanol–water partition coefficient (Wildman–Crippen LogP) is 7.12. The van der Waals surface area contributed by atoms with Gasteiger partial charge in [-0.15, -0.1) is 0 Å². The number of hydrogen-bond donors (Lipinski definition) is 1. The molecule has 4 heteroatoms. The molecular weight excluding hydrogens is 449 g/mol. The summed E-state index contributed by atoms with van der Waals surface area (Å²) in [6, 6.07) is 26.1. The van der Waals surface area contributed by atoms with E-state index in [4.69, 9.17) is 4.74 Å². The summed E-state index contributed by atoms with van der Waals surface area (Å²) in [5.41, 5.74) is 6.51. The van der Waals surface area contributed by atoms with Crippen molar-refractivity contribution in [2.75, 3.05) is 13.7 Å². The minimum absolute atomic E-state index is 0.0939. The molecule has 0 saturated heterocycles. The summed E-state index contributed by atoms with van der Waals surface area (Å²) in [5, 5.41) is 5.36. The first-order valence-electron chi connectivity index (χ1n) is 12.6. The molecule has 0 fully saturated rings. The number of ether oxygens (including phenoxy) is 1. The maximum Gasteiger partial charge on any atom is 0.338 e. The van der Waals surface area contributed by atoms with Crippen LogP contribution in [0.5, 0.6) is 0 Å². The first kappa shape index (κ1) is 24.2.